The third kappa shape index (κ3) is 3.98. The fourth-order valence-electron chi connectivity index (χ4n) is 1.66. The second-order valence-corrected chi connectivity index (χ2v) is 4.90. The van der Waals surface area contributed by atoms with Crippen molar-refractivity contribution >= 4 is 11.9 Å². The molecule has 19 heavy (non-hydrogen) atoms. The van der Waals surface area contributed by atoms with Gasteiger partial charge in [0.05, 0.1) is 5.92 Å². The average Bonchev–Trinajstić information content (AvgIpc) is 2.31. The Morgan fingerprint density at radius 1 is 1.32 bits per heavy atom. The molecule has 1 aromatic rings. The van der Waals surface area contributed by atoms with E-state index in [0.717, 1.165) is 0 Å². The van der Waals surface area contributed by atoms with Crippen molar-refractivity contribution in [2.45, 2.75) is 20.8 Å². The van der Waals surface area contributed by atoms with Crippen molar-refractivity contribution in [2.75, 3.05) is 6.54 Å². The van der Waals surface area contributed by atoms with E-state index in [4.69, 9.17) is 5.11 Å². The van der Waals surface area contributed by atoms with E-state index in [9.17, 15) is 14.7 Å². The lowest BCUT2D eigenvalue weighted by Gasteiger charge is -2.16. The first-order chi connectivity index (χ1) is 8.82. The van der Waals surface area contributed by atoms with Crippen molar-refractivity contribution in [3.63, 3.8) is 0 Å². The summed E-state index contributed by atoms with van der Waals surface area (Å²) in [4.78, 5) is 22.8. The van der Waals surface area contributed by atoms with Crippen LogP contribution in [0.25, 0.3) is 0 Å². The van der Waals surface area contributed by atoms with Gasteiger partial charge >= 0.3 is 5.97 Å². The third-order valence-electron chi connectivity index (χ3n) is 3.08. The molecule has 0 aliphatic heterocycles. The van der Waals surface area contributed by atoms with Crippen LogP contribution in [-0.4, -0.2) is 28.6 Å². The zero-order chi connectivity index (χ0) is 14.6. The molecular formula is C14H19NO4. The molecule has 1 atom stereocenters. The number of benzene rings is 1. The molecule has 5 heteroatoms. The standard InChI is InChI=1S/C14H19NO4/c1-8(2)11(14(18)19)7-15-13(17)10-5-4-9(3)12(16)6-10/h4-6,8,11,16H,7H2,1-3H3,(H,15,17)(H,18,19). The number of carbonyl (C=O) groups excluding carboxylic acids is 1. The average molecular weight is 265 g/mol. The van der Waals surface area contributed by atoms with Crippen LogP contribution in [0.2, 0.25) is 0 Å². The number of rotatable bonds is 5. The van der Waals surface area contributed by atoms with Gasteiger partial charge in [-0.3, -0.25) is 9.59 Å². The number of hydrogen-bond donors (Lipinski definition) is 3. The van der Waals surface area contributed by atoms with Crippen LogP contribution in [0.3, 0.4) is 0 Å². The molecule has 0 fully saturated rings. The fraction of sp³-hybridized carbons (Fsp3) is 0.429. The second-order valence-electron chi connectivity index (χ2n) is 4.90. The van der Waals surface area contributed by atoms with Crippen LogP contribution < -0.4 is 5.32 Å². The number of aromatic hydroxyl groups is 1. The highest BCUT2D eigenvalue weighted by molar-refractivity contribution is 5.94. The van der Waals surface area contributed by atoms with Gasteiger partial charge in [0.2, 0.25) is 0 Å². The SMILES string of the molecule is Cc1ccc(C(=O)NCC(C(=O)O)C(C)C)cc1O. The van der Waals surface area contributed by atoms with Gasteiger partial charge in [-0.05, 0) is 30.5 Å². The summed E-state index contributed by atoms with van der Waals surface area (Å²) in [6.07, 6.45) is 0. The van der Waals surface area contributed by atoms with E-state index in [1.54, 1.807) is 32.9 Å². The van der Waals surface area contributed by atoms with E-state index in [0.29, 0.717) is 11.1 Å². The molecule has 104 valence electrons. The summed E-state index contributed by atoms with van der Waals surface area (Å²) < 4.78 is 0. The number of phenols is 1. The first-order valence-corrected chi connectivity index (χ1v) is 6.13. The predicted octanol–water partition coefficient (Wildman–Crippen LogP) is 1.79. The van der Waals surface area contributed by atoms with Crippen molar-refractivity contribution in [2.24, 2.45) is 11.8 Å². The molecule has 1 unspecified atom stereocenters. The number of amides is 1. The number of phenolic OH excluding ortho intramolecular Hbond substituents is 1. The summed E-state index contributed by atoms with van der Waals surface area (Å²) in [5, 5.41) is 21.1. The Balaban J connectivity index is 2.69. The number of hydrogen-bond acceptors (Lipinski definition) is 3. The highest BCUT2D eigenvalue weighted by Gasteiger charge is 2.22. The molecule has 0 saturated heterocycles. The number of aryl methyl sites for hydroxylation is 1. The Labute approximate surface area is 112 Å². The van der Waals surface area contributed by atoms with Gasteiger partial charge in [-0.25, -0.2) is 0 Å². The molecule has 1 rings (SSSR count). The Kier molecular flexibility index (Phi) is 4.92. The molecule has 1 amide bonds. The zero-order valence-electron chi connectivity index (χ0n) is 11.3. The minimum Gasteiger partial charge on any atom is -0.508 e. The monoisotopic (exact) mass is 265 g/mol. The predicted molar refractivity (Wildman–Crippen MR) is 71.1 cm³/mol. The quantitative estimate of drug-likeness (QED) is 0.757. The fourth-order valence-corrected chi connectivity index (χ4v) is 1.66. The van der Waals surface area contributed by atoms with Crippen LogP contribution in [0.1, 0.15) is 29.8 Å². The maximum atomic E-state index is 11.8. The van der Waals surface area contributed by atoms with Gasteiger partial charge < -0.3 is 15.5 Å². The van der Waals surface area contributed by atoms with Gasteiger partial charge in [0, 0.05) is 12.1 Å². The Bertz CT molecular complexity index is 482. The summed E-state index contributed by atoms with van der Waals surface area (Å²) in [6.45, 7) is 5.39. The number of nitrogens with one attached hydrogen (secondary N) is 1. The zero-order valence-corrected chi connectivity index (χ0v) is 11.3. The Morgan fingerprint density at radius 2 is 1.95 bits per heavy atom. The molecule has 0 aliphatic carbocycles. The molecular weight excluding hydrogens is 246 g/mol. The van der Waals surface area contributed by atoms with E-state index < -0.39 is 11.9 Å². The number of aliphatic carboxylic acids is 1. The van der Waals surface area contributed by atoms with Gasteiger partial charge in [0.1, 0.15) is 5.75 Å². The van der Waals surface area contributed by atoms with E-state index >= 15 is 0 Å². The largest absolute Gasteiger partial charge is 0.508 e. The molecule has 0 aliphatic rings. The summed E-state index contributed by atoms with van der Waals surface area (Å²) >= 11 is 0. The van der Waals surface area contributed by atoms with Crippen LogP contribution in [-0.2, 0) is 4.79 Å². The highest BCUT2D eigenvalue weighted by Crippen LogP contribution is 2.17. The van der Waals surface area contributed by atoms with Crippen molar-refractivity contribution in [1.29, 1.82) is 0 Å². The lowest BCUT2D eigenvalue weighted by atomic mass is 9.96. The molecule has 0 radical (unpaired) electrons. The van der Waals surface area contributed by atoms with Gasteiger partial charge in [-0.2, -0.15) is 0 Å². The summed E-state index contributed by atoms with van der Waals surface area (Å²) in [7, 11) is 0. The molecule has 0 bridgehead atoms. The smallest absolute Gasteiger partial charge is 0.308 e. The number of carboxylic acid groups (broad SMARTS) is 1. The summed E-state index contributed by atoms with van der Waals surface area (Å²) in [6, 6.07) is 4.60. The highest BCUT2D eigenvalue weighted by atomic mass is 16.4. The molecule has 5 nitrogen and oxygen atoms in total. The van der Waals surface area contributed by atoms with Gasteiger partial charge in [-0.15, -0.1) is 0 Å². The molecule has 0 aromatic heterocycles. The molecule has 0 heterocycles. The lowest BCUT2D eigenvalue weighted by molar-refractivity contribution is -0.142. The normalized spacial score (nSPS) is 12.2. The molecule has 3 N–H and O–H groups in total. The number of carbonyl (C=O) groups is 2. The topological polar surface area (TPSA) is 86.6 Å². The van der Waals surface area contributed by atoms with E-state index in [2.05, 4.69) is 5.32 Å². The van der Waals surface area contributed by atoms with Gasteiger partial charge in [-0.1, -0.05) is 19.9 Å². The van der Waals surface area contributed by atoms with Crippen LogP contribution in [0.5, 0.6) is 5.75 Å². The first-order valence-electron chi connectivity index (χ1n) is 6.13. The van der Waals surface area contributed by atoms with Crippen molar-refractivity contribution < 1.29 is 19.8 Å². The first kappa shape index (κ1) is 15.0. The van der Waals surface area contributed by atoms with E-state index in [1.165, 1.54) is 6.07 Å². The van der Waals surface area contributed by atoms with Crippen molar-refractivity contribution in [3.05, 3.63) is 29.3 Å². The second kappa shape index (κ2) is 6.22. The summed E-state index contributed by atoms with van der Waals surface area (Å²) in [5.74, 6) is -1.96. The maximum absolute atomic E-state index is 11.8. The van der Waals surface area contributed by atoms with E-state index in [1.807, 2.05) is 0 Å². The molecule has 0 spiro atoms. The van der Waals surface area contributed by atoms with Gasteiger partial charge in [0.15, 0.2) is 0 Å². The number of carboxylic acids is 1. The van der Waals surface area contributed by atoms with Gasteiger partial charge in [0.25, 0.3) is 5.91 Å². The van der Waals surface area contributed by atoms with E-state index in [-0.39, 0.29) is 24.1 Å². The minimum atomic E-state index is -0.929. The van der Waals surface area contributed by atoms with Crippen molar-refractivity contribution in [3.8, 4) is 5.75 Å². The Hall–Kier alpha value is -2.04. The molecule has 0 saturated carbocycles. The van der Waals surface area contributed by atoms with Crippen LogP contribution in [0, 0.1) is 18.8 Å². The van der Waals surface area contributed by atoms with Crippen LogP contribution in [0.15, 0.2) is 18.2 Å². The van der Waals surface area contributed by atoms with Crippen LogP contribution >= 0.6 is 0 Å². The molecule has 1 aromatic carbocycles. The third-order valence-corrected chi connectivity index (χ3v) is 3.08. The lowest BCUT2D eigenvalue weighted by Crippen LogP contribution is -2.35. The summed E-state index contributed by atoms with van der Waals surface area (Å²) in [5.41, 5.74) is 0.998. The maximum Gasteiger partial charge on any atom is 0.308 e. The van der Waals surface area contributed by atoms with Crippen LogP contribution in [0.4, 0.5) is 0 Å². The van der Waals surface area contributed by atoms with Crippen molar-refractivity contribution in [1.82, 2.24) is 5.32 Å². The Morgan fingerprint density at radius 3 is 2.42 bits per heavy atom. The minimum absolute atomic E-state index is 0.0475.